The van der Waals surface area contributed by atoms with Gasteiger partial charge in [-0.1, -0.05) is 206 Å². The molecule has 12 rings (SSSR count). The standard InChI is InChI=1S/C59H38N2S/c1-4-18-39(19-5-1)58-60-54(41-21-16-20-40(36-41)45-26-10-11-27-46(45)49-30-17-31-50-48-29-13-15-33-56(48)62-57(49)50)38-55(61-58)42-34-35-53-51(37-42)47-28-12-14-32-52(47)59(53,43-22-6-2-7-23-43)44-24-8-3-9-25-44/h1-38H. The molecule has 0 atom stereocenters. The molecule has 0 radical (unpaired) electrons. The summed E-state index contributed by atoms with van der Waals surface area (Å²) in [6.07, 6.45) is 0. The summed E-state index contributed by atoms with van der Waals surface area (Å²) in [7, 11) is 0. The molecule has 3 heteroatoms. The minimum Gasteiger partial charge on any atom is -0.228 e. The third-order valence-corrected chi connectivity index (χ3v) is 13.8. The molecule has 0 fully saturated rings. The van der Waals surface area contributed by atoms with E-state index in [2.05, 4.69) is 224 Å². The monoisotopic (exact) mass is 806 g/mol. The molecule has 0 N–H and O–H groups in total. The van der Waals surface area contributed by atoms with Gasteiger partial charge >= 0.3 is 0 Å². The lowest BCUT2D eigenvalue weighted by atomic mass is 9.67. The number of fused-ring (bicyclic) bond motifs is 6. The van der Waals surface area contributed by atoms with Crippen LogP contribution in [0, 0.1) is 0 Å². The van der Waals surface area contributed by atoms with Crippen molar-refractivity contribution >= 4 is 31.5 Å². The van der Waals surface area contributed by atoms with Crippen LogP contribution in [-0.2, 0) is 5.41 Å². The van der Waals surface area contributed by atoms with Crippen molar-refractivity contribution in [1.29, 1.82) is 0 Å². The van der Waals surface area contributed by atoms with Crippen molar-refractivity contribution in [3.8, 4) is 67.3 Å². The molecule has 0 saturated carbocycles. The van der Waals surface area contributed by atoms with Gasteiger partial charge in [0.25, 0.3) is 0 Å². The first-order valence-corrected chi connectivity index (χ1v) is 22.0. The maximum Gasteiger partial charge on any atom is 0.160 e. The van der Waals surface area contributed by atoms with Crippen molar-refractivity contribution in [3.63, 3.8) is 0 Å². The lowest BCUT2D eigenvalue weighted by Crippen LogP contribution is -2.28. The SMILES string of the molecule is c1ccc(-c2nc(-c3cccc(-c4ccccc4-c4cccc5c4sc4ccccc45)c3)cc(-c3ccc4c(c3)-c3ccccc3C4(c3ccccc3)c3ccccc3)n2)cc1. The molecule has 0 saturated heterocycles. The van der Waals surface area contributed by atoms with Crippen LogP contribution in [0.4, 0.5) is 0 Å². The summed E-state index contributed by atoms with van der Waals surface area (Å²) < 4.78 is 2.62. The number of hydrogen-bond donors (Lipinski definition) is 0. The summed E-state index contributed by atoms with van der Waals surface area (Å²) in [6, 6.07) is 83.3. The normalized spacial score (nSPS) is 12.6. The van der Waals surface area contributed by atoms with E-state index in [4.69, 9.17) is 9.97 Å². The lowest BCUT2D eigenvalue weighted by Gasteiger charge is -2.33. The van der Waals surface area contributed by atoms with Crippen LogP contribution < -0.4 is 0 Å². The quantitative estimate of drug-likeness (QED) is 0.160. The van der Waals surface area contributed by atoms with Crippen LogP contribution in [0.2, 0.25) is 0 Å². The second kappa shape index (κ2) is 14.8. The highest BCUT2D eigenvalue weighted by Gasteiger charge is 2.46. The second-order valence-electron chi connectivity index (χ2n) is 16.0. The average Bonchev–Trinajstić information content (AvgIpc) is 3.89. The molecule has 1 aliphatic carbocycles. The van der Waals surface area contributed by atoms with Crippen molar-refractivity contribution in [2.75, 3.05) is 0 Å². The van der Waals surface area contributed by atoms with Gasteiger partial charge in [0.15, 0.2) is 5.82 Å². The van der Waals surface area contributed by atoms with Crippen LogP contribution in [0.25, 0.3) is 87.5 Å². The molecular formula is C59H38N2S. The Hall–Kier alpha value is -7.72. The predicted octanol–water partition coefficient (Wildman–Crippen LogP) is 15.5. The first-order chi connectivity index (χ1) is 30.7. The Labute approximate surface area is 365 Å². The first-order valence-electron chi connectivity index (χ1n) is 21.1. The Morgan fingerprint density at radius 3 is 1.61 bits per heavy atom. The summed E-state index contributed by atoms with van der Waals surface area (Å²) >= 11 is 1.87. The highest BCUT2D eigenvalue weighted by molar-refractivity contribution is 7.26. The number of rotatable bonds is 7. The highest BCUT2D eigenvalue weighted by Crippen LogP contribution is 2.56. The van der Waals surface area contributed by atoms with Crippen LogP contribution in [0.5, 0.6) is 0 Å². The maximum absolute atomic E-state index is 5.30. The summed E-state index contributed by atoms with van der Waals surface area (Å²) in [6.45, 7) is 0. The molecule has 9 aromatic carbocycles. The van der Waals surface area contributed by atoms with E-state index in [1.807, 2.05) is 17.4 Å². The molecule has 1 aliphatic rings. The van der Waals surface area contributed by atoms with E-state index in [9.17, 15) is 0 Å². The summed E-state index contributed by atoms with van der Waals surface area (Å²) in [5, 5.41) is 2.61. The van der Waals surface area contributed by atoms with E-state index in [0.717, 1.165) is 33.6 Å². The highest BCUT2D eigenvalue weighted by atomic mass is 32.1. The molecule has 0 bridgehead atoms. The number of hydrogen-bond acceptors (Lipinski definition) is 3. The largest absolute Gasteiger partial charge is 0.228 e. The Balaban J connectivity index is 1.02. The smallest absolute Gasteiger partial charge is 0.160 e. The minimum absolute atomic E-state index is 0.460. The number of thiophene rings is 1. The van der Waals surface area contributed by atoms with E-state index in [1.165, 1.54) is 70.2 Å². The molecule has 2 aromatic heterocycles. The van der Waals surface area contributed by atoms with Crippen LogP contribution in [0.3, 0.4) is 0 Å². The molecule has 2 nitrogen and oxygen atoms in total. The third-order valence-electron chi connectivity index (χ3n) is 12.6. The molecule has 11 aromatic rings. The number of nitrogens with zero attached hydrogens (tertiary/aromatic N) is 2. The molecule has 290 valence electrons. The fourth-order valence-corrected chi connectivity index (χ4v) is 11.1. The Morgan fingerprint density at radius 1 is 0.323 bits per heavy atom. The molecule has 0 spiro atoms. The molecule has 0 aliphatic heterocycles. The molecule has 0 amide bonds. The van der Waals surface area contributed by atoms with Crippen molar-refractivity contribution in [2.24, 2.45) is 0 Å². The van der Waals surface area contributed by atoms with E-state index in [1.54, 1.807) is 0 Å². The van der Waals surface area contributed by atoms with E-state index < -0.39 is 5.41 Å². The minimum atomic E-state index is -0.460. The van der Waals surface area contributed by atoms with E-state index in [-0.39, 0.29) is 0 Å². The Bertz CT molecular complexity index is 3420. The Morgan fingerprint density at radius 2 is 0.855 bits per heavy atom. The maximum atomic E-state index is 5.30. The van der Waals surface area contributed by atoms with Gasteiger partial charge in [-0.3, -0.25) is 0 Å². The topological polar surface area (TPSA) is 25.8 Å². The zero-order valence-corrected chi connectivity index (χ0v) is 34.6. The first kappa shape index (κ1) is 36.2. The van der Waals surface area contributed by atoms with Gasteiger partial charge in [-0.15, -0.1) is 11.3 Å². The molecule has 0 unspecified atom stereocenters. The third kappa shape index (κ3) is 5.78. The van der Waals surface area contributed by atoms with Gasteiger partial charge < -0.3 is 0 Å². The van der Waals surface area contributed by atoms with Gasteiger partial charge in [0, 0.05) is 42.4 Å². The van der Waals surface area contributed by atoms with Crippen LogP contribution in [-0.4, -0.2) is 9.97 Å². The Kier molecular flexibility index (Phi) is 8.62. The number of aromatic nitrogens is 2. The summed E-state index contributed by atoms with van der Waals surface area (Å²) in [5.41, 5.74) is 16.7. The molecular weight excluding hydrogens is 769 g/mol. The van der Waals surface area contributed by atoms with Crippen molar-refractivity contribution in [1.82, 2.24) is 9.97 Å². The fourth-order valence-electron chi connectivity index (χ4n) is 9.84. The molecule has 2 heterocycles. The van der Waals surface area contributed by atoms with Gasteiger partial charge in [-0.05, 0) is 74.3 Å². The zero-order chi connectivity index (χ0) is 41.0. The van der Waals surface area contributed by atoms with Gasteiger partial charge in [-0.25, -0.2) is 9.97 Å². The summed E-state index contributed by atoms with van der Waals surface area (Å²) in [4.78, 5) is 10.6. The predicted molar refractivity (Wildman–Crippen MR) is 259 cm³/mol. The van der Waals surface area contributed by atoms with Crippen LogP contribution in [0.1, 0.15) is 22.3 Å². The van der Waals surface area contributed by atoms with Crippen LogP contribution in [0.15, 0.2) is 231 Å². The van der Waals surface area contributed by atoms with Crippen molar-refractivity contribution in [3.05, 3.63) is 253 Å². The zero-order valence-electron chi connectivity index (χ0n) is 33.7. The van der Waals surface area contributed by atoms with Gasteiger partial charge in [0.2, 0.25) is 0 Å². The van der Waals surface area contributed by atoms with Crippen molar-refractivity contribution < 1.29 is 0 Å². The van der Waals surface area contributed by atoms with E-state index >= 15 is 0 Å². The summed E-state index contributed by atoms with van der Waals surface area (Å²) in [5.74, 6) is 0.698. The second-order valence-corrected chi connectivity index (χ2v) is 17.1. The van der Waals surface area contributed by atoms with Crippen LogP contribution >= 0.6 is 11.3 Å². The molecule has 62 heavy (non-hydrogen) atoms. The van der Waals surface area contributed by atoms with E-state index in [0.29, 0.717) is 5.82 Å². The van der Waals surface area contributed by atoms with Gasteiger partial charge in [0.1, 0.15) is 0 Å². The lowest BCUT2D eigenvalue weighted by molar-refractivity contribution is 0.768. The average molecular weight is 807 g/mol. The number of benzene rings is 9. The fraction of sp³-hybridized carbons (Fsp3) is 0.0169. The van der Waals surface area contributed by atoms with Gasteiger partial charge in [-0.2, -0.15) is 0 Å². The van der Waals surface area contributed by atoms with Crippen molar-refractivity contribution in [2.45, 2.75) is 5.41 Å². The van der Waals surface area contributed by atoms with Gasteiger partial charge in [0.05, 0.1) is 16.8 Å².